The van der Waals surface area contributed by atoms with E-state index in [1.54, 1.807) is 39.0 Å². The predicted molar refractivity (Wildman–Crippen MR) is 82.9 cm³/mol. The molecule has 0 spiro atoms. The minimum absolute atomic E-state index is 0.0439. The number of fused-ring (bicyclic) bond motifs is 1. The number of para-hydroxylation sites is 1. The summed E-state index contributed by atoms with van der Waals surface area (Å²) in [6.07, 6.45) is -0.456. The number of carbonyl (C=O) groups is 3. The second kappa shape index (κ2) is 5.81. The first-order chi connectivity index (χ1) is 11.3. The highest BCUT2D eigenvalue weighted by Gasteiger charge is 2.43. The molecule has 7 nitrogen and oxygen atoms in total. The molecule has 2 aliphatic rings. The zero-order valence-corrected chi connectivity index (χ0v) is 13.8. The summed E-state index contributed by atoms with van der Waals surface area (Å²) in [7, 11) is 0. The van der Waals surface area contributed by atoms with Gasteiger partial charge in [-0.15, -0.1) is 0 Å². The van der Waals surface area contributed by atoms with Crippen LogP contribution < -0.4 is 9.47 Å². The highest BCUT2D eigenvalue weighted by atomic mass is 16.7. The van der Waals surface area contributed by atoms with Crippen molar-refractivity contribution in [1.82, 2.24) is 4.90 Å². The molecule has 0 radical (unpaired) electrons. The third kappa shape index (κ3) is 2.93. The van der Waals surface area contributed by atoms with E-state index in [0.717, 1.165) is 4.90 Å². The van der Waals surface area contributed by atoms with Gasteiger partial charge in [-0.25, -0.2) is 9.69 Å². The number of hydrogen-bond donors (Lipinski definition) is 0. The minimum atomic E-state index is -0.909. The first kappa shape index (κ1) is 16.3. The molecule has 1 aromatic carbocycles. The Labute approximate surface area is 139 Å². The molecule has 0 bridgehead atoms. The molecule has 24 heavy (non-hydrogen) atoms. The third-order valence-corrected chi connectivity index (χ3v) is 3.80. The van der Waals surface area contributed by atoms with Gasteiger partial charge in [-0.2, -0.15) is 0 Å². The Morgan fingerprint density at radius 3 is 2.71 bits per heavy atom. The van der Waals surface area contributed by atoms with E-state index in [-0.39, 0.29) is 25.5 Å². The summed E-state index contributed by atoms with van der Waals surface area (Å²) in [5.74, 6) is -0.978. The van der Waals surface area contributed by atoms with E-state index in [9.17, 15) is 14.4 Å². The van der Waals surface area contributed by atoms with Crippen molar-refractivity contribution >= 4 is 17.8 Å². The van der Waals surface area contributed by atoms with Crippen molar-refractivity contribution in [3.8, 4) is 11.5 Å². The summed E-state index contributed by atoms with van der Waals surface area (Å²) < 4.78 is 15.8. The van der Waals surface area contributed by atoms with Gasteiger partial charge in [0.1, 0.15) is 11.5 Å². The summed E-state index contributed by atoms with van der Waals surface area (Å²) >= 11 is 0. The number of hydrogen-bond acceptors (Lipinski definition) is 6. The van der Waals surface area contributed by atoms with Gasteiger partial charge in [-0.3, -0.25) is 9.59 Å². The van der Waals surface area contributed by atoms with Gasteiger partial charge in [0.05, 0.1) is 5.56 Å². The molecule has 0 aromatic heterocycles. The molecular weight excluding hydrogens is 314 g/mol. The van der Waals surface area contributed by atoms with Crippen LogP contribution in [-0.4, -0.2) is 41.6 Å². The van der Waals surface area contributed by atoms with Gasteiger partial charge in [-0.05, 0) is 39.3 Å². The lowest BCUT2D eigenvalue weighted by molar-refractivity contribution is -0.129. The molecule has 128 valence electrons. The van der Waals surface area contributed by atoms with Gasteiger partial charge < -0.3 is 14.2 Å². The van der Waals surface area contributed by atoms with Crippen LogP contribution in [0.4, 0.5) is 4.79 Å². The fourth-order valence-corrected chi connectivity index (χ4v) is 2.73. The van der Waals surface area contributed by atoms with Gasteiger partial charge in [0, 0.05) is 6.54 Å². The largest absolute Gasteiger partial charge is 0.454 e. The van der Waals surface area contributed by atoms with Gasteiger partial charge in [0.2, 0.25) is 12.7 Å². The molecule has 2 aliphatic heterocycles. The molecule has 1 unspecified atom stereocenters. The summed E-state index contributed by atoms with van der Waals surface area (Å²) in [5, 5.41) is 0. The maximum Gasteiger partial charge on any atom is 0.417 e. The van der Waals surface area contributed by atoms with Gasteiger partial charge in [0.25, 0.3) is 0 Å². The van der Waals surface area contributed by atoms with Crippen LogP contribution in [0, 0.1) is 5.92 Å². The number of ether oxygens (including phenoxy) is 3. The van der Waals surface area contributed by atoms with E-state index in [4.69, 9.17) is 14.2 Å². The molecule has 2 heterocycles. The highest BCUT2D eigenvalue weighted by Crippen LogP contribution is 2.37. The van der Waals surface area contributed by atoms with Crippen molar-refractivity contribution in [2.75, 3.05) is 13.3 Å². The monoisotopic (exact) mass is 333 g/mol. The van der Waals surface area contributed by atoms with Crippen molar-refractivity contribution in [2.45, 2.75) is 32.8 Å². The number of ketones is 1. The molecule has 1 atom stereocenters. The number of rotatable bonds is 2. The average molecular weight is 333 g/mol. The smallest absolute Gasteiger partial charge is 0.417 e. The van der Waals surface area contributed by atoms with Crippen LogP contribution >= 0.6 is 0 Å². The maximum absolute atomic E-state index is 12.7. The molecule has 2 amide bonds. The number of amides is 2. The van der Waals surface area contributed by atoms with Crippen molar-refractivity contribution in [1.29, 1.82) is 0 Å². The van der Waals surface area contributed by atoms with Crippen molar-refractivity contribution in [3.05, 3.63) is 23.8 Å². The summed E-state index contributed by atoms with van der Waals surface area (Å²) in [5.41, 5.74) is -0.403. The lowest BCUT2D eigenvalue weighted by Crippen LogP contribution is -2.39. The van der Waals surface area contributed by atoms with Crippen molar-refractivity contribution < 1.29 is 28.6 Å². The van der Waals surface area contributed by atoms with Crippen LogP contribution in [0.3, 0.4) is 0 Å². The normalized spacial score (nSPS) is 19.5. The Kier molecular flexibility index (Phi) is 3.95. The van der Waals surface area contributed by atoms with Crippen LogP contribution in [0.1, 0.15) is 37.6 Å². The summed E-state index contributed by atoms with van der Waals surface area (Å²) in [6.45, 7) is 5.37. The molecule has 7 heteroatoms. The third-order valence-electron chi connectivity index (χ3n) is 3.80. The minimum Gasteiger partial charge on any atom is -0.454 e. The van der Waals surface area contributed by atoms with Crippen LogP contribution in [0.5, 0.6) is 11.5 Å². The Bertz CT molecular complexity index is 706. The number of nitrogens with zero attached hydrogens (tertiary/aromatic N) is 1. The molecule has 0 saturated carbocycles. The first-order valence-corrected chi connectivity index (χ1v) is 7.75. The van der Waals surface area contributed by atoms with Crippen molar-refractivity contribution in [2.24, 2.45) is 5.92 Å². The molecule has 0 N–H and O–H groups in total. The molecule has 1 saturated heterocycles. The van der Waals surface area contributed by atoms with Gasteiger partial charge >= 0.3 is 6.09 Å². The topological polar surface area (TPSA) is 82.1 Å². The number of likely N-dealkylation sites (tertiary alicyclic amines) is 1. The number of imide groups is 1. The van der Waals surface area contributed by atoms with Crippen molar-refractivity contribution in [3.63, 3.8) is 0 Å². The Morgan fingerprint density at radius 2 is 2.00 bits per heavy atom. The Morgan fingerprint density at radius 1 is 1.25 bits per heavy atom. The maximum atomic E-state index is 12.7. The quantitative estimate of drug-likeness (QED) is 0.610. The second-order valence-electron chi connectivity index (χ2n) is 6.72. The lowest BCUT2D eigenvalue weighted by atomic mass is 9.95. The molecule has 1 fully saturated rings. The van der Waals surface area contributed by atoms with Gasteiger partial charge in [-0.1, -0.05) is 6.07 Å². The standard InChI is InChI=1S/C17H19NO6/c1-17(2,3)24-16(21)18-8-7-11(15(18)20)13(19)10-5-4-6-12-14(10)23-9-22-12/h4-6,11H,7-9H2,1-3H3. The lowest BCUT2D eigenvalue weighted by Gasteiger charge is -2.23. The number of benzene rings is 1. The Balaban J connectivity index is 1.77. The van der Waals surface area contributed by atoms with Crippen LogP contribution in [0.2, 0.25) is 0 Å². The molecule has 0 aliphatic carbocycles. The van der Waals surface area contributed by atoms with E-state index in [0.29, 0.717) is 17.1 Å². The number of carbonyl (C=O) groups excluding carboxylic acids is 3. The zero-order chi connectivity index (χ0) is 17.5. The zero-order valence-electron chi connectivity index (χ0n) is 13.8. The SMILES string of the molecule is CC(C)(C)OC(=O)N1CCC(C(=O)c2cccc3c2OCO3)C1=O. The fourth-order valence-electron chi connectivity index (χ4n) is 2.73. The first-order valence-electron chi connectivity index (χ1n) is 7.75. The number of Topliss-reactive ketones (excluding diaryl/α,β-unsaturated/α-hetero) is 1. The predicted octanol–water partition coefficient (Wildman–Crippen LogP) is 2.38. The Hall–Kier alpha value is -2.57. The summed E-state index contributed by atoms with van der Waals surface area (Å²) in [4.78, 5) is 38.3. The van der Waals surface area contributed by atoms with E-state index in [2.05, 4.69) is 0 Å². The summed E-state index contributed by atoms with van der Waals surface area (Å²) in [6, 6.07) is 4.97. The molecular formula is C17H19NO6. The average Bonchev–Trinajstić information content (AvgIpc) is 3.10. The van der Waals surface area contributed by atoms with Gasteiger partial charge in [0.15, 0.2) is 17.3 Å². The molecule has 3 rings (SSSR count). The van der Waals surface area contributed by atoms with E-state index < -0.39 is 23.5 Å². The van der Waals surface area contributed by atoms with E-state index >= 15 is 0 Å². The molecule has 1 aromatic rings. The fraction of sp³-hybridized carbons (Fsp3) is 0.471. The van der Waals surface area contributed by atoms with E-state index in [1.165, 1.54) is 0 Å². The van der Waals surface area contributed by atoms with Crippen LogP contribution in [-0.2, 0) is 9.53 Å². The van der Waals surface area contributed by atoms with Crippen LogP contribution in [0.15, 0.2) is 18.2 Å². The van der Waals surface area contributed by atoms with E-state index in [1.807, 2.05) is 0 Å². The van der Waals surface area contributed by atoms with Crippen LogP contribution in [0.25, 0.3) is 0 Å². The second-order valence-corrected chi connectivity index (χ2v) is 6.72. The highest BCUT2D eigenvalue weighted by molar-refractivity contribution is 6.15.